The molecule has 2 saturated heterocycles. The van der Waals surface area contributed by atoms with E-state index in [9.17, 15) is 4.79 Å². The minimum Gasteiger partial charge on any atom is -0.354 e. The Balaban J connectivity index is 1.56. The lowest BCUT2D eigenvalue weighted by molar-refractivity contribution is -0.122. The number of amides is 1. The molecule has 2 aliphatic heterocycles. The van der Waals surface area contributed by atoms with E-state index in [-0.39, 0.29) is 5.91 Å². The Bertz CT molecular complexity index is 464. The van der Waals surface area contributed by atoms with Crippen molar-refractivity contribution in [3.05, 3.63) is 35.9 Å². The summed E-state index contributed by atoms with van der Waals surface area (Å²) in [6.07, 6.45) is 4.33. The first-order valence-corrected chi connectivity index (χ1v) is 8.59. The fraction of sp³-hybridized carbons (Fsp3) is 0.611. The average molecular weight is 301 g/mol. The monoisotopic (exact) mass is 301 g/mol. The maximum Gasteiger partial charge on any atom is 0.220 e. The molecule has 22 heavy (non-hydrogen) atoms. The Labute approximate surface area is 133 Å². The topological polar surface area (TPSA) is 44.4 Å². The predicted octanol–water partition coefficient (Wildman–Crippen LogP) is 1.94. The van der Waals surface area contributed by atoms with Gasteiger partial charge in [0.1, 0.15) is 0 Å². The molecule has 120 valence electrons. The molecule has 0 saturated carbocycles. The highest BCUT2D eigenvalue weighted by atomic mass is 16.1. The molecular formula is C18H27N3O. The van der Waals surface area contributed by atoms with Crippen LogP contribution in [0.4, 0.5) is 0 Å². The predicted molar refractivity (Wildman–Crippen MR) is 88.6 cm³/mol. The second-order valence-corrected chi connectivity index (χ2v) is 6.54. The van der Waals surface area contributed by atoms with Gasteiger partial charge in [0.2, 0.25) is 5.91 Å². The molecule has 2 heterocycles. The summed E-state index contributed by atoms with van der Waals surface area (Å²) in [6.45, 7) is 5.05. The molecule has 2 unspecified atom stereocenters. The Hall–Kier alpha value is -1.39. The highest BCUT2D eigenvalue weighted by Crippen LogP contribution is 2.24. The van der Waals surface area contributed by atoms with E-state index in [4.69, 9.17) is 0 Å². The van der Waals surface area contributed by atoms with Crippen molar-refractivity contribution in [2.24, 2.45) is 5.92 Å². The first-order chi connectivity index (χ1) is 10.8. The van der Waals surface area contributed by atoms with Gasteiger partial charge in [0.05, 0.1) is 6.04 Å². The molecular weight excluding hydrogens is 274 g/mol. The normalized spacial score (nSPS) is 23.5. The van der Waals surface area contributed by atoms with Crippen LogP contribution in [-0.4, -0.2) is 43.5 Å². The molecule has 3 rings (SSSR count). The fourth-order valence-corrected chi connectivity index (χ4v) is 3.62. The zero-order valence-electron chi connectivity index (χ0n) is 13.3. The van der Waals surface area contributed by atoms with Gasteiger partial charge >= 0.3 is 0 Å². The first kappa shape index (κ1) is 15.5. The Kier molecular flexibility index (Phi) is 5.46. The van der Waals surface area contributed by atoms with E-state index in [1.165, 1.54) is 18.4 Å². The molecule has 2 fully saturated rings. The zero-order valence-corrected chi connectivity index (χ0v) is 13.3. The number of carbonyl (C=O) groups is 1. The van der Waals surface area contributed by atoms with Crippen molar-refractivity contribution in [2.75, 3.05) is 32.7 Å². The lowest BCUT2D eigenvalue weighted by atomic mass is 10.0. The highest BCUT2D eigenvalue weighted by molar-refractivity contribution is 5.76. The molecule has 2 N–H and O–H groups in total. The second kappa shape index (κ2) is 7.75. The van der Waals surface area contributed by atoms with Crippen LogP contribution in [0.25, 0.3) is 0 Å². The molecule has 0 aromatic heterocycles. The molecule has 1 aromatic rings. The number of nitrogens with one attached hydrogen (secondary N) is 2. The van der Waals surface area contributed by atoms with E-state index in [0.717, 1.165) is 39.1 Å². The lowest BCUT2D eigenvalue weighted by Crippen LogP contribution is -2.37. The quantitative estimate of drug-likeness (QED) is 0.844. The molecule has 1 aromatic carbocycles. The van der Waals surface area contributed by atoms with Crippen LogP contribution in [0.5, 0.6) is 0 Å². The van der Waals surface area contributed by atoms with Gasteiger partial charge in [0, 0.05) is 13.0 Å². The van der Waals surface area contributed by atoms with Crippen molar-refractivity contribution < 1.29 is 4.79 Å². The van der Waals surface area contributed by atoms with E-state index in [0.29, 0.717) is 18.4 Å². The van der Waals surface area contributed by atoms with Crippen LogP contribution in [0.1, 0.15) is 37.3 Å². The van der Waals surface area contributed by atoms with Crippen molar-refractivity contribution in [1.29, 1.82) is 0 Å². The molecule has 4 nitrogen and oxygen atoms in total. The van der Waals surface area contributed by atoms with Crippen LogP contribution in [0, 0.1) is 5.92 Å². The largest absolute Gasteiger partial charge is 0.354 e. The van der Waals surface area contributed by atoms with Crippen molar-refractivity contribution in [3.8, 4) is 0 Å². The average Bonchev–Trinajstić information content (AvgIpc) is 3.22. The highest BCUT2D eigenvalue weighted by Gasteiger charge is 2.24. The molecule has 1 amide bonds. The SMILES string of the molecule is O=C(CC1CCNC1)NCC(c1ccccc1)N1CCCC1. The van der Waals surface area contributed by atoms with E-state index < -0.39 is 0 Å². The standard InChI is InChI=1S/C18H27N3O/c22-18(12-15-8-9-19-13-15)20-14-17(21-10-4-5-11-21)16-6-2-1-3-7-16/h1-3,6-7,15,17,19H,4-5,8-14H2,(H,20,22). The minimum atomic E-state index is 0.203. The zero-order chi connectivity index (χ0) is 15.2. The van der Waals surface area contributed by atoms with E-state index in [1.807, 2.05) is 0 Å². The molecule has 2 aliphatic rings. The third kappa shape index (κ3) is 4.08. The van der Waals surface area contributed by atoms with Crippen LogP contribution >= 0.6 is 0 Å². The van der Waals surface area contributed by atoms with E-state index >= 15 is 0 Å². The van der Waals surface area contributed by atoms with Gasteiger partial charge in [-0.05, 0) is 56.9 Å². The number of carbonyl (C=O) groups excluding carboxylic acids is 1. The fourth-order valence-electron chi connectivity index (χ4n) is 3.62. The molecule has 0 aliphatic carbocycles. The van der Waals surface area contributed by atoms with Crippen LogP contribution in [0.15, 0.2) is 30.3 Å². The van der Waals surface area contributed by atoms with Gasteiger partial charge in [-0.15, -0.1) is 0 Å². The number of rotatable bonds is 6. The maximum absolute atomic E-state index is 12.2. The third-order valence-electron chi connectivity index (χ3n) is 4.89. The smallest absolute Gasteiger partial charge is 0.220 e. The Morgan fingerprint density at radius 3 is 2.73 bits per heavy atom. The molecule has 4 heteroatoms. The molecule has 0 spiro atoms. The second-order valence-electron chi connectivity index (χ2n) is 6.54. The summed E-state index contributed by atoms with van der Waals surface area (Å²) in [5.74, 6) is 0.718. The summed E-state index contributed by atoms with van der Waals surface area (Å²) >= 11 is 0. The number of benzene rings is 1. The van der Waals surface area contributed by atoms with Gasteiger partial charge in [-0.25, -0.2) is 0 Å². The summed E-state index contributed by atoms with van der Waals surface area (Å²) in [5, 5.41) is 6.50. The van der Waals surface area contributed by atoms with Crippen LogP contribution in [0.3, 0.4) is 0 Å². The van der Waals surface area contributed by atoms with Gasteiger partial charge in [-0.3, -0.25) is 9.69 Å². The van der Waals surface area contributed by atoms with Crippen LogP contribution < -0.4 is 10.6 Å². The summed E-state index contributed by atoms with van der Waals surface area (Å²) in [6, 6.07) is 10.9. The third-order valence-corrected chi connectivity index (χ3v) is 4.89. The first-order valence-electron chi connectivity index (χ1n) is 8.59. The lowest BCUT2D eigenvalue weighted by Gasteiger charge is -2.28. The van der Waals surface area contributed by atoms with Gasteiger partial charge in [0.25, 0.3) is 0 Å². The number of nitrogens with zero attached hydrogens (tertiary/aromatic N) is 1. The number of likely N-dealkylation sites (tertiary alicyclic amines) is 1. The summed E-state index contributed by atoms with van der Waals surface area (Å²) in [5.41, 5.74) is 1.31. The van der Waals surface area contributed by atoms with Gasteiger partial charge in [-0.1, -0.05) is 30.3 Å². The molecule has 0 radical (unpaired) electrons. The summed E-state index contributed by atoms with van der Waals surface area (Å²) in [7, 11) is 0. The minimum absolute atomic E-state index is 0.203. The van der Waals surface area contributed by atoms with Crippen molar-refractivity contribution >= 4 is 5.91 Å². The van der Waals surface area contributed by atoms with E-state index in [1.54, 1.807) is 0 Å². The number of hydrogen-bond acceptors (Lipinski definition) is 3. The summed E-state index contributed by atoms with van der Waals surface area (Å²) < 4.78 is 0. The van der Waals surface area contributed by atoms with Crippen LogP contribution in [0.2, 0.25) is 0 Å². The van der Waals surface area contributed by atoms with Crippen molar-refractivity contribution in [1.82, 2.24) is 15.5 Å². The molecule has 0 bridgehead atoms. The maximum atomic E-state index is 12.2. The summed E-state index contributed by atoms with van der Waals surface area (Å²) in [4.78, 5) is 14.7. The van der Waals surface area contributed by atoms with Crippen molar-refractivity contribution in [3.63, 3.8) is 0 Å². The van der Waals surface area contributed by atoms with Gasteiger partial charge in [0.15, 0.2) is 0 Å². The van der Waals surface area contributed by atoms with Crippen molar-refractivity contribution in [2.45, 2.75) is 31.7 Å². The van der Waals surface area contributed by atoms with Gasteiger partial charge < -0.3 is 10.6 Å². The Morgan fingerprint density at radius 1 is 1.27 bits per heavy atom. The van der Waals surface area contributed by atoms with Gasteiger partial charge in [-0.2, -0.15) is 0 Å². The Morgan fingerprint density at radius 2 is 2.05 bits per heavy atom. The molecule has 2 atom stereocenters. The van der Waals surface area contributed by atoms with Crippen LogP contribution in [-0.2, 0) is 4.79 Å². The number of hydrogen-bond donors (Lipinski definition) is 2. The van der Waals surface area contributed by atoms with E-state index in [2.05, 4.69) is 45.9 Å².